The molecule has 4 nitrogen and oxygen atoms in total. The first-order valence-corrected chi connectivity index (χ1v) is 12.2. The minimum atomic E-state index is -2.12. The highest BCUT2D eigenvalue weighted by atomic mass is 28.4. The molecule has 0 amide bonds. The molecule has 0 saturated heterocycles. The summed E-state index contributed by atoms with van der Waals surface area (Å²) in [5.41, 5.74) is 0.832. The first-order chi connectivity index (χ1) is 8.78. The molecule has 0 aromatic heterocycles. The second-order valence-electron chi connectivity index (χ2n) is 5.14. The van der Waals surface area contributed by atoms with Crippen LogP contribution in [0.3, 0.4) is 0 Å². The minimum absolute atomic E-state index is 0.201. The van der Waals surface area contributed by atoms with E-state index in [4.69, 9.17) is 8.85 Å². The van der Waals surface area contributed by atoms with Gasteiger partial charge in [-0.1, -0.05) is 27.7 Å². The van der Waals surface area contributed by atoms with Crippen LogP contribution in [0.2, 0.25) is 29.8 Å². The van der Waals surface area contributed by atoms with Gasteiger partial charge in [-0.3, -0.25) is 9.59 Å². The molecule has 0 rings (SSSR count). The summed E-state index contributed by atoms with van der Waals surface area (Å²) in [5.74, 6) is -0.401. The fourth-order valence-electron chi connectivity index (χ4n) is 2.56. The van der Waals surface area contributed by atoms with E-state index in [1.807, 2.05) is 0 Å². The smallest absolute Gasteiger partial charge is 0.289 e. The predicted molar refractivity (Wildman–Crippen MR) is 81.8 cm³/mol. The zero-order valence-electron chi connectivity index (χ0n) is 13.2. The van der Waals surface area contributed by atoms with Crippen molar-refractivity contribution in [2.45, 2.75) is 71.4 Å². The molecule has 0 aromatic rings. The molecule has 0 aliphatic heterocycles. The van der Waals surface area contributed by atoms with E-state index < -0.39 is 16.6 Å². The van der Waals surface area contributed by atoms with Gasteiger partial charge < -0.3 is 8.85 Å². The van der Waals surface area contributed by atoms with E-state index in [0.717, 1.165) is 29.8 Å². The van der Waals surface area contributed by atoms with E-state index in [0.29, 0.717) is 0 Å². The summed E-state index contributed by atoms with van der Waals surface area (Å²) in [6, 6.07) is 3.55. The Labute approximate surface area is 119 Å². The van der Waals surface area contributed by atoms with E-state index >= 15 is 0 Å². The van der Waals surface area contributed by atoms with Gasteiger partial charge in [0, 0.05) is 19.5 Å². The molecule has 0 saturated carbocycles. The van der Waals surface area contributed by atoms with Crippen LogP contribution in [0, 0.1) is 0 Å². The molecule has 0 unspecified atom stereocenters. The normalized spacial score (nSPS) is 12.1. The Morgan fingerprint density at radius 3 is 1.16 bits per heavy atom. The maximum absolute atomic E-state index is 11.4. The third-order valence-electron chi connectivity index (χ3n) is 3.94. The molecule has 0 aliphatic rings. The average molecular weight is 305 g/mol. The van der Waals surface area contributed by atoms with Crippen LogP contribution in [-0.2, 0) is 18.4 Å². The molecule has 0 atom stereocenters. The van der Waals surface area contributed by atoms with Gasteiger partial charge in [-0.15, -0.1) is 0 Å². The second-order valence-corrected chi connectivity index (χ2v) is 14.5. The van der Waals surface area contributed by atoms with Crippen LogP contribution in [0.15, 0.2) is 0 Å². The van der Waals surface area contributed by atoms with Crippen molar-refractivity contribution in [3.63, 3.8) is 0 Å². The minimum Gasteiger partial charge on any atom is -0.519 e. The maximum Gasteiger partial charge on any atom is 0.289 e. The van der Waals surface area contributed by atoms with Crippen molar-refractivity contribution < 1.29 is 18.4 Å². The molecule has 0 aromatic carbocycles. The lowest BCUT2D eigenvalue weighted by molar-refractivity contribution is -0.133. The van der Waals surface area contributed by atoms with Crippen molar-refractivity contribution in [1.82, 2.24) is 0 Å². The quantitative estimate of drug-likeness (QED) is 0.643. The van der Waals surface area contributed by atoms with Crippen molar-refractivity contribution in [2.24, 2.45) is 0 Å². The van der Waals surface area contributed by atoms with Crippen LogP contribution in [0.25, 0.3) is 0 Å². The van der Waals surface area contributed by atoms with Gasteiger partial charge in [-0.05, 0) is 24.2 Å². The van der Waals surface area contributed by atoms with E-state index in [1.54, 1.807) is 0 Å². The molecule has 0 heterocycles. The zero-order chi connectivity index (χ0) is 15.1. The summed E-state index contributed by atoms with van der Waals surface area (Å²) in [6.07, 6.45) is 0. The molecule has 112 valence electrons. The molecule has 0 fully saturated rings. The van der Waals surface area contributed by atoms with Gasteiger partial charge in [0.1, 0.15) is 0 Å². The summed E-state index contributed by atoms with van der Waals surface area (Å²) in [5, 5.41) is 0. The first-order valence-electron chi connectivity index (χ1n) is 7.17. The van der Waals surface area contributed by atoms with Gasteiger partial charge in [-0.25, -0.2) is 0 Å². The van der Waals surface area contributed by atoms with Gasteiger partial charge in [0.15, 0.2) is 0 Å². The van der Waals surface area contributed by atoms with Crippen molar-refractivity contribution in [2.75, 3.05) is 0 Å². The highest BCUT2D eigenvalue weighted by molar-refractivity contribution is 6.92. The lowest BCUT2D eigenvalue weighted by Gasteiger charge is -2.37. The van der Waals surface area contributed by atoms with E-state index in [1.165, 1.54) is 13.8 Å². The Morgan fingerprint density at radius 2 is 1.00 bits per heavy atom. The van der Waals surface area contributed by atoms with Crippen LogP contribution < -0.4 is 0 Å². The highest BCUT2D eigenvalue weighted by Gasteiger charge is 2.47. The molecular formula is C13H28O4Si2. The van der Waals surface area contributed by atoms with E-state index in [9.17, 15) is 9.59 Å². The van der Waals surface area contributed by atoms with Crippen molar-refractivity contribution in [1.29, 1.82) is 0 Å². The monoisotopic (exact) mass is 304 g/mol. The van der Waals surface area contributed by atoms with Gasteiger partial charge in [-0.2, -0.15) is 0 Å². The predicted octanol–water partition coefficient (Wildman–Crippen LogP) is 3.62. The topological polar surface area (TPSA) is 52.6 Å². The lowest BCUT2D eigenvalue weighted by Crippen LogP contribution is -2.51. The number of hydrogen-bond donors (Lipinski definition) is 0. The van der Waals surface area contributed by atoms with Crippen LogP contribution in [-0.4, -0.2) is 28.6 Å². The maximum atomic E-state index is 11.4. The van der Waals surface area contributed by atoms with Gasteiger partial charge in [0.2, 0.25) is 0 Å². The summed E-state index contributed by atoms with van der Waals surface area (Å²) >= 11 is 0. The van der Waals surface area contributed by atoms with Crippen LogP contribution in [0.4, 0.5) is 0 Å². The molecule has 6 heteroatoms. The third-order valence-corrected chi connectivity index (χ3v) is 15.7. The number of hydrogen-bond acceptors (Lipinski definition) is 4. The molecule has 0 aliphatic carbocycles. The standard InChI is InChI=1S/C13H28O4Si2/c1-7-18(8-2,16-12(5)14)11-19(9-3,10-4)17-13(6)15/h7-11H2,1-6H3. The summed E-state index contributed by atoms with van der Waals surface area (Å²) in [4.78, 5) is 22.8. The number of carbonyl (C=O) groups excluding carboxylic acids is 2. The van der Waals surface area contributed by atoms with Gasteiger partial charge in [0.25, 0.3) is 28.6 Å². The molecule has 0 bridgehead atoms. The average Bonchev–Trinajstić information content (AvgIpc) is 2.35. The van der Waals surface area contributed by atoms with Crippen LogP contribution >= 0.6 is 0 Å². The Hall–Kier alpha value is -0.626. The zero-order valence-corrected chi connectivity index (χ0v) is 15.2. The molecular weight excluding hydrogens is 276 g/mol. The highest BCUT2D eigenvalue weighted by Crippen LogP contribution is 2.33. The Kier molecular flexibility index (Phi) is 7.58. The molecule has 19 heavy (non-hydrogen) atoms. The number of carbonyl (C=O) groups is 2. The Morgan fingerprint density at radius 1 is 0.737 bits per heavy atom. The Bertz CT molecular complexity index is 280. The lowest BCUT2D eigenvalue weighted by atomic mass is 10.9. The third kappa shape index (κ3) is 5.48. The van der Waals surface area contributed by atoms with Crippen molar-refractivity contribution in [3.8, 4) is 0 Å². The van der Waals surface area contributed by atoms with Crippen molar-refractivity contribution in [3.05, 3.63) is 0 Å². The Balaban J connectivity index is 5.23. The first kappa shape index (κ1) is 18.4. The second kappa shape index (κ2) is 7.84. The van der Waals surface area contributed by atoms with E-state index in [2.05, 4.69) is 27.7 Å². The fourth-order valence-corrected chi connectivity index (χ4v) is 14.6. The van der Waals surface area contributed by atoms with Crippen LogP contribution in [0.5, 0.6) is 0 Å². The largest absolute Gasteiger partial charge is 0.519 e. The summed E-state index contributed by atoms with van der Waals surface area (Å²) < 4.78 is 11.4. The molecule has 0 N–H and O–H groups in total. The van der Waals surface area contributed by atoms with E-state index in [-0.39, 0.29) is 11.9 Å². The molecule has 0 spiro atoms. The number of rotatable bonds is 8. The summed E-state index contributed by atoms with van der Waals surface area (Å²) in [6.45, 7) is 11.3. The fraction of sp³-hybridized carbons (Fsp3) is 0.846. The van der Waals surface area contributed by atoms with Crippen molar-refractivity contribution >= 4 is 28.6 Å². The SMILES string of the molecule is CC[Si](CC)(C[Si](CC)(CC)OC(C)=O)OC(C)=O. The van der Waals surface area contributed by atoms with Gasteiger partial charge >= 0.3 is 0 Å². The van der Waals surface area contributed by atoms with Gasteiger partial charge in [0.05, 0.1) is 0 Å². The summed E-state index contributed by atoms with van der Waals surface area (Å²) in [7, 11) is -4.23. The van der Waals surface area contributed by atoms with Crippen LogP contribution in [0.1, 0.15) is 41.5 Å². The molecule has 0 radical (unpaired) electrons.